The first kappa shape index (κ1) is 9.75. The van der Waals surface area contributed by atoms with Gasteiger partial charge in [-0.15, -0.1) is 10.2 Å². The lowest BCUT2D eigenvalue weighted by Gasteiger charge is -2.25. The minimum atomic E-state index is -0.0519. The average Bonchev–Trinajstić information content (AvgIpc) is 2.71. The fourth-order valence-electron chi connectivity index (χ4n) is 1.51. The second-order valence-corrected chi connectivity index (χ2v) is 3.42. The number of aromatic nitrogens is 4. The fraction of sp³-hybridized carbons (Fsp3) is 0.625. The zero-order valence-electron chi connectivity index (χ0n) is 8.14. The van der Waals surface area contributed by atoms with Crippen LogP contribution in [0.4, 0.5) is 0 Å². The fourth-order valence-corrected chi connectivity index (χ4v) is 1.51. The summed E-state index contributed by atoms with van der Waals surface area (Å²) in [7, 11) is 0. The summed E-state index contributed by atoms with van der Waals surface area (Å²) >= 11 is 0. The standard InChI is InChI=1S/C8H11N5O2/c14-6-1-3-13(4-2-6)8(15)5-7-9-11-12-10-7/h1-5H2,(H,9,10,11,12). The van der Waals surface area contributed by atoms with Crippen molar-refractivity contribution < 1.29 is 9.59 Å². The number of nitrogens with one attached hydrogen (secondary N) is 1. The van der Waals surface area contributed by atoms with Gasteiger partial charge in [0.1, 0.15) is 5.78 Å². The first-order valence-electron chi connectivity index (χ1n) is 4.77. The van der Waals surface area contributed by atoms with Crippen LogP contribution >= 0.6 is 0 Å². The van der Waals surface area contributed by atoms with Gasteiger partial charge in [-0.25, -0.2) is 0 Å². The zero-order chi connectivity index (χ0) is 10.7. The first-order valence-corrected chi connectivity index (χ1v) is 4.77. The smallest absolute Gasteiger partial charge is 0.230 e. The van der Waals surface area contributed by atoms with E-state index in [0.717, 1.165) is 0 Å². The minimum absolute atomic E-state index is 0.0519. The second-order valence-electron chi connectivity index (χ2n) is 3.42. The maximum Gasteiger partial charge on any atom is 0.230 e. The molecule has 0 unspecified atom stereocenters. The third-order valence-corrected chi connectivity index (χ3v) is 2.37. The van der Waals surface area contributed by atoms with Crippen molar-refractivity contribution in [3.8, 4) is 0 Å². The Morgan fingerprint density at radius 1 is 1.40 bits per heavy atom. The van der Waals surface area contributed by atoms with Crippen LogP contribution in [0.2, 0.25) is 0 Å². The van der Waals surface area contributed by atoms with Gasteiger partial charge in [-0.2, -0.15) is 5.21 Å². The van der Waals surface area contributed by atoms with Gasteiger partial charge in [0, 0.05) is 25.9 Å². The number of H-pyrrole nitrogens is 1. The van der Waals surface area contributed by atoms with Crippen LogP contribution in [0.5, 0.6) is 0 Å². The summed E-state index contributed by atoms with van der Waals surface area (Å²) in [5.74, 6) is 0.555. The Bertz CT molecular complexity index is 351. The molecule has 1 aromatic rings. The Balaban J connectivity index is 1.89. The molecule has 80 valence electrons. The number of carbonyl (C=O) groups is 2. The van der Waals surface area contributed by atoms with E-state index >= 15 is 0 Å². The van der Waals surface area contributed by atoms with E-state index in [2.05, 4.69) is 20.6 Å². The number of aromatic amines is 1. The maximum absolute atomic E-state index is 11.7. The molecule has 1 amide bonds. The van der Waals surface area contributed by atoms with Crippen molar-refractivity contribution >= 4 is 11.7 Å². The number of amides is 1. The number of hydrogen-bond acceptors (Lipinski definition) is 5. The first-order chi connectivity index (χ1) is 7.25. The van der Waals surface area contributed by atoms with Crippen molar-refractivity contribution in [3.63, 3.8) is 0 Å². The molecule has 0 atom stereocenters. The van der Waals surface area contributed by atoms with E-state index in [1.807, 2.05) is 0 Å². The van der Waals surface area contributed by atoms with E-state index in [9.17, 15) is 9.59 Å². The molecule has 1 saturated heterocycles. The number of rotatable bonds is 2. The summed E-state index contributed by atoms with van der Waals surface area (Å²) in [5, 5.41) is 13.1. The molecule has 0 radical (unpaired) electrons. The summed E-state index contributed by atoms with van der Waals surface area (Å²) in [5.41, 5.74) is 0. The third kappa shape index (κ3) is 2.36. The lowest BCUT2D eigenvalue weighted by Crippen LogP contribution is -2.39. The largest absolute Gasteiger partial charge is 0.341 e. The van der Waals surface area contributed by atoms with Crippen molar-refractivity contribution in [1.29, 1.82) is 0 Å². The van der Waals surface area contributed by atoms with Crippen LogP contribution in [0.15, 0.2) is 0 Å². The molecule has 2 rings (SSSR count). The highest BCUT2D eigenvalue weighted by atomic mass is 16.2. The lowest BCUT2D eigenvalue weighted by molar-refractivity contribution is -0.134. The highest BCUT2D eigenvalue weighted by molar-refractivity contribution is 5.83. The van der Waals surface area contributed by atoms with Crippen LogP contribution in [0.25, 0.3) is 0 Å². The van der Waals surface area contributed by atoms with E-state index in [0.29, 0.717) is 31.8 Å². The monoisotopic (exact) mass is 209 g/mol. The van der Waals surface area contributed by atoms with Gasteiger partial charge < -0.3 is 4.90 Å². The van der Waals surface area contributed by atoms with Crippen LogP contribution in [0.1, 0.15) is 18.7 Å². The Morgan fingerprint density at radius 2 is 2.13 bits per heavy atom. The van der Waals surface area contributed by atoms with Crippen LogP contribution in [0.3, 0.4) is 0 Å². The number of nitrogens with zero attached hydrogens (tertiary/aromatic N) is 4. The van der Waals surface area contributed by atoms with Crippen molar-refractivity contribution in [1.82, 2.24) is 25.5 Å². The molecule has 0 saturated carbocycles. The average molecular weight is 209 g/mol. The summed E-state index contributed by atoms with van der Waals surface area (Å²) in [6, 6.07) is 0. The maximum atomic E-state index is 11.7. The SMILES string of the molecule is O=C1CCN(C(=O)Cc2nn[nH]n2)CC1. The van der Waals surface area contributed by atoms with Gasteiger partial charge in [-0.05, 0) is 0 Å². The minimum Gasteiger partial charge on any atom is -0.341 e. The van der Waals surface area contributed by atoms with E-state index < -0.39 is 0 Å². The van der Waals surface area contributed by atoms with Gasteiger partial charge in [0.05, 0.1) is 6.42 Å². The quantitative estimate of drug-likeness (QED) is 0.669. The van der Waals surface area contributed by atoms with Crippen molar-refractivity contribution in [2.45, 2.75) is 19.3 Å². The summed E-state index contributed by atoms with van der Waals surface area (Å²) in [6.45, 7) is 1.02. The highest BCUT2D eigenvalue weighted by Crippen LogP contribution is 2.07. The molecule has 0 spiro atoms. The number of piperidine rings is 1. The molecule has 1 aliphatic rings. The lowest BCUT2D eigenvalue weighted by atomic mass is 10.1. The molecule has 7 nitrogen and oxygen atoms in total. The van der Waals surface area contributed by atoms with Crippen LogP contribution in [-0.4, -0.2) is 50.3 Å². The number of carbonyl (C=O) groups excluding carboxylic acids is 2. The summed E-state index contributed by atoms with van der Waals surface area (Å²) in [6.07, 6.45) is 1.06. The summed E-state index contributed by atoms with van der Waals surface area (Å²) in [4.78, 5) is 24.3. The zero-order valence-corrected chi connectivity index (χ0v) is 8.14. The van der Waals surface area contributed by atoms with E-state index in [1.54, 1.807) is 4.90 Å². The van der Waals surface area contributed by atoms with Crippen LogP contribution in [0, 0.1) is 0 Å². The van der Waals surface area contributed by atoms with Crippen LogP contribution < -0.4 is 0 Å². The number of hydrogen-bond donors (Lipinski definition) is 1. The number of tetrazole rings is 1. The molecule has 0 aromatic carbocycles. The third-order valence-electron chi connectivity index (χ3n) is 2.37. The molecule has 0 bridgehead atoms. The predicted molar refractivity (Wildman–Crippen MR) is 48.7 cm³/mol. The Labute approximate surface area is 85.8 Å². The predicted octanol–water partition coefficient (Wildman–Crippen LogP) is -1.07. The Morgan fingerprint density at radius 3 is 2.73 bits per heavy atom. The molecule has 0 aliphatic carbocycles. The van der Waals surface area contributed by atoms with Crippen molar-refractivity contribution in [2.75, 3.05) is 13.1 Å². The van der Waals surface area contributed by atoms with E-state index in [1.165, 1.54) is 0 Å². The number of likely N-dealkylation sites (tertiary alicyclic amines) is 1. The molecule has 1 aliphatic heterocycles. The normalized spacial score (nSPS) is 16.8. The van der Waals surface area contributed by atoms with Gasteiger partial charge in [0.25, 0.3) is 0 Å². The molecule has 15 heavy (non-hydrogen) atoms. The molecular formula is C8H11N5O2. The van der Waals surface area contributed by atoms with Crippen molar-refractivity contribution in [3.05, 3.63) is 5.82 Å². The Kier molecular flexibility index (Phi) is 2.70. The number of Topliss-reactive ketones (excluding diaryl/α,β-unsaturated/α-hetero) is 1. The molecular weight excluding hydrogens is 198 g/mol. The van der Waals surface area contributed by atoms with E-state index in [4.69, 9.17) is 0 Å². The molecule has 1 N–H and O–H groups in total. The second kappa shape index (κ2) is 4.16. The topological polar surface area (TPSA) is 91.8 Å². The van der Waals surface area contributed by atoms with Gasteiger partial charge >= 0.3 is 0 Å². The van der Waals surface area contributed by atoms with Crippen molar-refractivity contribution in [2.24, 2.45) is 0 Å². The molecule has 1 aromatic heterocycles. The van der Waals surface area contributed by atoms with Crippen LogP contribution in [-0.2, 0) is 16.0 Å². The van der Waals surface area contributed by atoms with Gasteiger partial charge in [0.2, 0.25) is 5.91 Å². The summed E-state index contributed by atoms with van der Waals surface area (Å²) < 4.78 is 0. The molecule has 1 fully saturated rings. The Hall–Kier alpha value is -1.79. The van der Waals surface area contributed by atoms with E-state index in [-0.39, 0.29) is 18.1 Å². The highest BCUT2D eigenvalue weighted by Gasteiger charge is 2.21. The van der Waals surface area contributed by atoms with Gasteiger partial charge in [-0.1, -0.05) is 5.21 Å². The van der Waals surface area contributed by atoms with Gasteiger partial charge in [-0.3, -0.25) is 9.59 Å². The number of ketones is 1. The molecule has 2 heterocycles. The van der Waals surface area contributed by atoms with Gasteiger partial charge in [0.15, 0.2) is 5.82 Å². The molecule has 7 heteroatoms.